The fourth-order valence-corrected chi connectivity index (χ4v) is 2.64. The number of benzene rings is 2. The third kappa shape index (κ3) is 2.06. The van der Waals surface area contributed by atoms with Crippen molar-refractivity contribution < 1.29 is 13.2 Å². The highest BCUT2D eigenvalue weighted by Crippen LogP contribution is 2.27. The lowest BCUT2D eigenvalue weighted by atomic mass is 10.2. The first-order valence-corrected chi connectivity index (χ1v) is 6.72. The number of aromatic nitrogens is 2. The minimum atomic E-state index is -0.621. The van der Waals surface area contributed by atoms with Crippen LogP contribution in [0.4, 0.5) is 13.2 Å². The Hall–Kier alpha value is -1.60. The van der Waals surface area contributed by atoms with Crippen molar-refractivity contribution in [3.63, 3.8) is 0 Å². The molecular weight excluding hydrogens is 353 g/mol. The van der Waals surface area contributed by atoms with Gasteiger partial charge in [0.25, 0.3) is 0 Å². The van der Waals surface area contributed by atoms with Crippen LogP contribution in [0.3, 0.4) is 0 Å². The average molecular weight is 359 g/mol. The lowest BCUT2D eigenvalue weighted by Crippen LogP contribution is -1.99. The molecule has 0 spiro atoms. The average Bonchev–Trinajstić information content (AvgIpc) is 2.69. The number of nitrogens with zero attached hydrogens (tertiary/aromatic N) is 1. The van der Waals surface area contributed by atoms with Crippen molar-refractivity contribution >= 4 is 39.2 Å². The highest BCUT2D eigenvalue weighted by atomic mass is 79.9. The summed E-state index contributed by atoms with van der Waals surface area (Å²) in [6.45, 7) is 0. The lowest BCUT2D eigenvalue weighted by Gasteiger charge is -2.06. The second kappa shape index (κ2) is 4.75. The van der Waals surface area contributed by atoms with Crippen molar-refractivity contribution in [2.45, 2.75) is 0 Å². The summed E-state index contributed by atoms with van der Waals surface area (Å²) < 4.78 is 42.4. The molecule has 20 heavy (non-hydrogen) atoms. The highest BCUT2D eigenvalue weighted by molar-refractivity contribution is 9.10. The molecule has 0 fully saturated rings. The molecule has 3 aromatic rings. The first kappa shape index (κ1) is 13.4. The van der Waals surface area contributed by atoms with Gasteiger partial charge in [0.2, 0.25) is 0 Å². The Morgan fingerprint density at radius 2 is 1.80 bits per heavy atom. The van der Waals surface area contributed by atoms with Crippen LogP contribution in [0, 0.1) is 22.2 Å². The molecule has 0 amide bonds. The summed E-state index contributed by atoms with van der Waals surface area (Å²) >= 11 is 8.17. The van der Waals surface area contributed by atoms with E-state index in [1.807, 2.05) is 0 Å². The lowest BCUT2D eigenvalue weighted by molar-refractivity contribution is 0.593. The van der Waals surface area contributed by atoms with Gasteiger partial charge < -0.3 is 4.98 Å². The fraction of sp³-hybridized carbons (Fsp3) is 0. The molecule has 0 unspecified atom stereocenters. The minimum absolute atomic E-state index is 0.0280. The second-order valence-electron chi connectivity index (χ2n) is 4.14. The van der Waals surface area contributed by atoms with Gasteiger partial charge in [-0.15, -0.1) is 0 Å². The Bertz CT molecular complexity index is 885. The molecule has 3 rings (SSSR count). The summed E-state index contributed by atoms with van der Waals surface area (Å²) in [5, 5.41) is 0. The monoisotopic (exact) mass is 358 g/mol. The Balaban J connectivity index is 2.42. The van der Waals surface area contributed by atoms with Crippen molar-refractivity contribution in [1.82, 2.24) is 9.55 Å². The number of H-pyrrole nitrogens is 1. The molecule has 7 heteroatoms. The molecule has 0 aliphatic rings. The fourth-order valence-electron chi connectivity index (χ4n) is 2.00. The van der Waals surface area contributed by atoms with Crippen LogP contribution >= 0.6 is 28.1 Å². The molecule has 102 valence electrons. The normalized spacial score (nSPS) is 11.2. The Morgan fingerprint density at radius 3 is 2.55 bits per heavy atom. The Morgan fingerprint density at radius 1 is 1.05 bits per heavy atom. The van der Waals surface area contributed by atoms with Gasteiger partial charge in [0.1, 0.15) is 17.5 Å². The van der Waals surface area contributed by atoms with Crippen LogP contribution < -0.4 is 0 Å². The smallest absolute Gasteiger partial charge is 0.182 e. The van der Waals surface area contributed by atoms with Crippen molar-refractivity contribution in [2.24, 2.45) is 0 Å². The largest absolute Gasteiger partial charge is 0.330 e. The molecule has 0 saturated heterocycles. The third-order valence-corrected chi connectivity index (χ3v) is 3.77. The standard InChI is InChI=1S/C13H6BrF3N2S/c14-7-4-12-10(5-9(7)17)18-13(20)19(12)11-3-6(15)1-2-8(11)16/h1-5H,(H,18,20). The van der Waals surface area contributed by atoms with Crippen molar-refractivity contribution in [1.29, 1.82) is 0 Å². The molecule has 2 nitrogen and oxygen atoms in total. The van der Waals surface area contributed by atoms with E-state index in [2.05, 4.69) is 20.9 Å². The summed E-state index contributed by atoms with van der Waals surface area (Å²) in [4.78, 5) is 2.77. The molecule has 1 N–H and O–H groups in total. The molecule has 0 atom stereocenters. The second-order valence-corrected chi connectivity index (χ2v) is 5.39. The number of nitrogens with one attached hydrogen (secondary N) is 1. The zero-order valence-electron chi connectivity index (χ0n) is 9.75. The zero-order chi connectivity index (χ0) is 14.4. The quantitative estimate of drug-likeness (QED) is 0.615. The summed E-state index contributed by atoms with van der Waals surface area (Å²) in [6.07, 6.45) is 0. The van der Waals surface area contributed by atoms with Gasteiger partial charge in [0, 0.05) is 12.1 Å². The number of hydrogen-bond acceptors (Lipinski definition) is 1. The van der Waals surface area contributed by atoms with E-state index in [1.165, 1.54) is 16.7 Å². The summed E-state index contributed by atoms with van der Waals surface area (Å²) in [5.41, 5.74) is 0.826. The number of rotatable bonds is 1. The maximum absolute atomic E-state index is 13.9. The summed E-state index contributed by atoms with van der Waals surface area (Å²) in [7, 11) is 0. The molecule has 0 bridgehead atoms. The van der Waals surface area contributed by atoms with Crippen LogP contribution in [0.15, 0.2) is 34.8 Å². The van der Waals surface area contributed by atoms with E-state index in [-0.39, 0.29) is 14.9 Å². The number of aromatic amines is 1. The Labute approximate surface area is 125 Å². The molecule has 2 aromatic carbocycles. The van der Waals surface area contributed by atoms with E-state index in [0.29, 0.717) is 11.0 Å². The third-order valence-electron chi connectivity index (χ3n) is 2.87. The van der Waals surface area contributed by atoms with Gasteiger partial charge in [-0.25, -0.2) is 13.2 Å². The van der Waals surface area contributed by atoms with Crippen LogP contribution in [0.1, 0.15) is 0 Å². The van der Waals surface area contributed by atoms with E-state index in [1.54, 1.807) is 0 Å². The molecule has 0 radical (unpaired) electrons. The van der Waals surface area contributed by atoms with Crippen LogP contribution in [0.2, 0.25) is 0 Å². The highest BCUT2D eigenvalue weighted by Gasteiger charge is 2.13. The van der Waals surface area contributed by atoms with Crippen molar-refractivity contribution in [3.05, 3.63) is 57.0 Å². The van der Waals surface area contributed by atoms with Gasteiger partial charge >= 0.3 is 0 Å². The molecule has 1 aromatic heterocycles. The van der Waals surface area contributed by atoms with E-state index in [9.17, 15) is 13.2 Å². The van der Waals surface area contributed by atoms with Crippen LogP contribution in [0.5, 0.6) is 0 Å². The number of imidazole rings is 1. The van der Waals surface area contributed by atoms with Gasteiger partial charge in [-0.3, -0.25) is 4.57 Å². The van der Waals surface area contributed by atoms with Gasteiger partial charge in [-0.1, -0.05) is 0 Å². The zero-order valence-corrected chi connectivity index (χ0v) is 12.2. The maximum atomic E-state index is 13.9. The van der Waals surface area contributed by atoms with E-state index < -0.39 is 17.5 Å². The van der Waals surface area contributed by atoms with Crippen LogP contribution in [-0.4, -0.2) is 9.55 Å². The predicted octanol–water partition coefficient (Wildman–Crippen LogP) is 4.87. The van der Waals surface area contributed by atoms with Gasteiger partial charge in [0.05, 0.1) is 21.2 Å². The van der Waals surface area contributed by atoms with Crippen molar-refractivity contribution in [3.8, 4) is 5.69 Å². The van der Waals surface area contributed by atoms with Crippen LogP contribution in [-0.2, 0) is 0 Å². The molecule has 0 aliphatic carbocycles. The molecular formula is C13H6BrF3N2S. The van der Waals surface area contributed by atoms with Gasteiger partial charge in [-0.2, -0.15) is 0 Å². The number of halogens is 4. The molecule has 0 saturated carbocycles. The first-order valence-electron chi connectivity index (χ1n) is 5.52. The van der Waals surface area contributed by atoms with E-state index in [4.69, 9.17) is 12.2 Å². The predicted molar refractivity (Wildman–Crippen MR) is 76.0 cm³/mol. The number of fused-ring (bicyclic) bond motifs is 1. The van der Waals surface area contributed by atoms with Crippen molar-refractivity contribution in [2.75, 3.05) is 0 Å². The Kier molecular flexibility index (Phi) is 3.18. The maximum Gasteiger partial charge on any atom is 0.182 e. The molecule has 0 aliphatic heterocycles. The summed E-state index contributed by atoms with van der Waals surface area (Å²) in [6, 6.07) is 5.77. The number of hydrogen-bond donors (Lipinski definition) is 1. The first-order chi connectivity index (χ1) is 9.47. The van der Waals surface area contributed by atoms with E-state index in [0.717, 1.165) is 18.2 Å². The topological polar surface area (TPSA) is 20.7 Å². The summed E-state index contributed by atoms with van der Waals surface area (Å²) in [5.74, 6) is -1.68. The van der Waals surface area contributed by atoms with Gasteiger partial charge in [0.15, 0.2) is 4.77 Å². The van der Waals surface area contributed by atoms with Gasteiger partial charge in [-0.05, 0) is 46.3 Å². The SMILES string of the molecule is Fc1ccc(F)c(-n2c(=S)[nH]c3cc(F)c(Br)cc32)c1. The minimum Gasteiger partial charge on any atom is -0.330 e. The van der Waals surface area contributed by atoms with Crippen LogP contribution in [0.25, 0.3) is 16.7 Å². The molecule has 1 heterocycles. The van der Waals surface area contributed by atoms with E-state index >= 15 is 0 Å².